The van der Waals surface area contributed by atoms with Crippen molar-refractivity contribution in [2.24, 2.45) is 5.92 Å². The van der Waals surface area contributed by atoms with Crippen LogP contribution < -0.4 is 20.3 Å². The number of anilines is 1. The summed E-state index contributed by atoms with van der Waals surface area (Å²) < 4.78 is 5.15. The van der Waals surface area contributed by atoms with Crippen molar-refractivity contribution in [3.05, 3.63) is 59.7 Å². The minimum atomic E-state index is -0.157. The van der Waals surface area contributed by atoms with Gasteiger partial charge in [0.15, 0.2) is 0 Å². The molecule has 0 spiro atoms. The number of methoxy groups -OCH3 is 1. The third kappa shape index (κ3) is 5.19. The minimum absolute atomic E-state index is 0.0477. The van der Waals surface area contributed by atoms with Crippen LogP contribution in [-0.2, 0) is 17.8 Å². The summed E-state index contributed by atoms with van der Waals surface area (Å²) in [5.41, 5.74) is 3.37. The first-order valence-corrected chi connectivity index (χ1v) is 11.2. The summed E-state index contributed by atoms with van der Waals surface area (Å²) in [6, 6.07) is 15.8. The van der Waals surface area contributed by atoms with Gasteiger partial charge in [-0.05, 0) is 67.9 Å². The summed E-state index contributed by atoms with van der Waals surface area (Å²) in [6.45, 7) is 1.28. The number of nitrogens with zero attached hydrogens (tertiary/aromatic N) is 1. The Morgan fingerprint density at radius 2 is 1.77 bits per heavy atom. The highest BCUT2D eigenvalue weighted by atomic mass is 16.5. The molecule has 6 nitrogen and oxygen atoms in total. The molecule has 2 aromatic carbocycles. The molecule has 1 fully saturated rings. The molecule has 31 heavy (non-hydrogen) atoms. The number of nitrogens with one attached hydrogen (secondary N) is 2. The second kappa shape index (κ2) is 9.86. The highest BCUT2D eigenvalue weighted by Gasteiger charge is 2.32. The lowest BCUT2D eigenvalue weighted by Gasteiger charge is -2.35. The van der Waals surface area contributed by atoms with E-state index in [0.29, 0.717) is 6.54 Å². The van der Waals surface area contributed by atoms with Gasteiger partial charge in [-0.3, -0.25) is 4.79 Å². The van der Waals surface area contributed by atoms with Gasteiger partial charge in [0, 0.05) is 30.7 Å². The van der Waals surface area contributed by atoms with Crippen LogP contribution in [-0.4, -0.2) is 31.6 Å². The second-order valence-corrected chi connectivity index (χ2v) is 8.45. The zero-order valence-corrected chi connectivity index (χ0v) is 18.1. The van der Waals surface area contributed by atoms with Crippen molar-refractivity contribution in [2.75, 3.05) is 18.6 Å². The predicted molar refractivity (Wildman–Crippen MR) is 121 cm³/mol. The van der Waals surface area contributed by atoms with Gasteiger partial charge in [-0.2, -0.15) is 0 Å². The lowest BCUT2D eigenvalue weighted by Crippen LogP contribution is -2.46. The van der Waals surface area contributed by atoms with E-state index in [1.807, 2.05) is 41.3 Å². The van der Waals surface area contributed by atoms with Crippen molar-refractivity contribution in [3.63, 3.8) is 0 Å². The molecule has 1 aliphatic heterocycles. The summed E-state index contributed by atoms with van der Waals surface area (Å²) in [4.78, 5) is 27.4. The molecule has 0 bridgehead atoms. The summed E-state index contributed by atoms with van der Waals surface area (Å²) in [6.07, 6.45) is 5.38. The normalized spacial score (nSPS) is 20.5. The van der Waals surface area contributed by atoms with Crippen molar-refractivity contribution in [2.45, 2.75) is 51.1 Å². The van der Waals surface area contributed by atoms with E-state index in [1.54, 1.807) is 7.11 Å². The van der Waals surface area contributed by atoms with Gasteiger partial charge in [-0.1, -0.05) is 30.3 Å². The molecule has 3 amide bonds. The number of para-hydroxylation sites is 1. The van der Waals surface area contributed by atoms with Gasteiger partial charge in [0.05, 0.1) is 7.11 Å². The van der Waals surface area contributed by atoms with Crippen LogP contribution in [0, 0.1) is 5.92 Å². The molecule has 1 aliphatic carbocycles. The standard InChI is InChI=1S/C25H31N3O3/c1-31-22-14-8-18(9-15-22)17-26-25(30)27-21-12-10-20(11-13-21)24(29)28-16-4-6-19-5-2-3-7-23(19)28/h2-3,5,7-9,14-15,20-21H,4,6,10-13,16-17H2,1H3,(H2,26,27,30). The highest BCUT2D eigenvalue weighted by Crippen LogP contribution is 2.32. The molecule has 0 aromatic heterocycles. The number of ether oxygens (including phenoxy) is 1. The van der Waals surface area contributed by atoms with Crippen molar-refractivity contribution in [1.82, 2.24) is 10.6 Å². The van der Waals surface area contributed by atoms with Crippen LogP contribution in [0.2, 0.25) is 0 Å². The van der Waals surface area contributed by atoms with Crippen LogP contribution in [0.4, 0.5) is 10.5 Å². The number of aryl methyl sites for hydroxylation is 1. The molecule has 1 heterocycles. The lowest BCUT2D eigenvalue weighted by molar-refractivity contribution is -0.123. The fourth-order valence-corrected chi connectivity index (χ4v) is 4.63. The van der Waals surface area contributed by atoms with Crippen LogP contribution in [0.3, 0.4) is 0 Å². The van der Waals surface area contributed by atoms with E-state index in [1.165, 1.54) is 5.56 Å². The van der Waals surface area contributed by atoms with E-state index in [0.717, 1.165) is 62.1 Å². The molecule has 0 atom stereocenters. The number of carbonyl (C=O) groups excluding carboxylic acids is 2. The SMILES string of the molecule is COc1ccc(CNC(=O)NC2CCC(C(=O)N3CCCc4ccccc43)CC2)cc1. The van der Waals surface area contributed by atoms with E-state index in [4.69, 9.17) is 4.74 Å². The second-order valence-electron chi connectivity index (χ2n) is 8.45. The molecular formula is C25H31N3O3. The Hall–Kier alpha value is -3.02. The lowest BCUT2D eigenvalue weighted by atomic mass is 9.84. The Morgan fingerprint density at radius 1 is 1.03 bits per heavy atom. The van der Waals surface area contributed by atoms with Crippen molar-refractivity contribution >= 4 is 17.6 Å². The number of urea groups is 1. The molecule has 0 unspecified atom stereocenters. The number of carbonyl (C=O) groups is 2. The minimum Gasteiger partial charge on any atom is -0.497 e. The molecule has 164 valence electrons. The number of benzene rings is 2. The average Bonchev–Trinajstić information content (AvgIpc) is 2.83. The number of hydrogen-bond acceptors (Lipinski definition) is 3. The maximum atomic E-state index is 13.2. The first kappa shape index (κ1) is 21.2. The average molecular weight is 422 g/mol. The Balaban J connectivity index is 1.23. The summed E-state index contributed by atoms with van der Waals surface area (Å²) in [5, 5.41) is 5.98. The van der Waals surface area contributed by atoms with E-state index < -0.39 is 0 Å². The fourth-order valence-electron chi connectivity index (χ4n) is 4.63. The van der Waals surface area contributed by atoms with Crippen molar-refractivity contribution < 1.29 is 14.3 Å². The van der Waals surface area contributed by atoms with Crippen LogP contribution in [0.1, 0.15) is 43.2 Å². The molecular weight excluding hydrogens is 390 g/mol. The molecule has 2 aliphatic rings. The highest BCUT2D eigenvalue weighted by molar-refractivity contribution is 5.96. The zero-order valence-electron chi connectivity index (χ0n) is 18.1. The number of hydrogen-bond donors (Lipinski definition) is 2. The Morgan fingerprint density at radius 3 is 2.52 bits per heavy atom. The van der Waals surface area contributed by atoms with Gasteiger partial charge in [-0.25, -0.2) is 4.79 Å². The van der Waals surface area contributed by atoms with E-state index in [9.17, 15) is 9.59 Å². The molecule has 6 heteroatoms. The topological polar surface area (TPSA) is 70.7 Å². The fraction of sp³-hybridized carbons (Fsp3) is 0.440. The van der Waals surface area contributed by atoms with Crippen molar-refractivity contribution in [3.8, 4) is 5.75 Å². The first-order chi connectivity index (χ1) is 15.1. The number of amides is 3. The smallest absolute Gasteiger partial charge is 0.315 e. The van der Waals surface area contributed by atoms with Gasteiger partial charge in [0.25, 0.3) is 0 Å². The quantitative estimate of drug-likeness (QED) is 0.766. The predicted octanol–water partition coefficient (Wildman–Crippen LogP) is 4.03. The zero-order chi connectivity index (χ0) is 21.6. The number of rotatable bonds is 5. The summed E-state index contributed by atoms with van der Waals surface area (Å²) in [5.74, 6) is 1.09. The molecule has 1 saturated carbocycles. The van der Waals surface area contributed by atoms with Crippen LogP contribution in [0.5, 0.6) is 5.75 Å². The van der Waals surface area contributed by atoms with E-state index in [2.05, 4.69) is 22.8 Å². The monoisotopic (exact) mass is 421 g/mol. The van der Waals surface area contributed by atoms with Crippen molar-refractivity contribution in [1.29, 1.82) is 0 Å². The molecule has 0 radical (unpaired) electrons. The van der Waals surface area contributed by atoms with Gasteiger partial charge in [0.2, 0.25) is 5.91 Å². The molecule has 4 rings (SSSR count). The van der Waals surface area contributed by atoms with E-state index in [-0.39, 0.29) is 23.9 Å². The summed E-state index contributed by atoms with van der Waals surface area (Å²) >= 11 is 0. The van der Waals surface area contributed by atoms with Crippen LogP contribution in [0.15, 0.2) is 48.5 Å². The van der Waals surface area contributed by atoms with Crippen LogP contribution >= 0.6 is 0 Å². The van der Waals surface area contributed by atoms with Gasteiger partial charge in [0.1, 0.15) is 5.75 Å². The Labute approximate surface area is 184 Å². The third-order valence-electron chi connectivity index (χ3n) is 6.40. The van der Waals surface area contributed by atoms with Gasteiger partial charge >= 0.3 is 6.03 Å². The number of fused-ring (bicyclic) bond motifs is 1. The Kier molecular flexibility index (Phi) is 6.75. The van der Waals surface area contributed by atoms with Gasteiger partial charge < -0.3 is 20.3 Å². The first-order valence-electron chi connectivity index (χ1n) is 11.2. The largest absolute Gasteiger partial charge is 0.497 e. The maximum absolute atomic E-state index is 13.2. The molecule has 2 N–H and O–H groups in total. The maximum Gasteiger partial charge on any atom is 0.315 e. The van der Waals surface area contributed by atoms with Crippen LogP contribution in [0.25, 0.3) is 0 Å². The van der Waals surface area contributed by atoms with Gasteiger partial charge in [-0.15, -0.1) is 0 Å². The molecule has 2 aromatic rings. The summed E-state index contributed by atoms with van der Waals surface area (Å²) in [7, 11) is 1.63. The third-order valence-corrected chi connectivity index (χ3v) is 6.40. The molecule has 0 saturated heterocycles. The van der Waals surface area contributed by atoms with E-state index >= 15 is 0 Å². The Bertz CT molecular complexity index is 904.